The predicted octanol–water partition coefficient (Wildman–Crippen LogP) is 1.58. The van der Waals surface area contributed by atoms with Crippen LogP contribution in [-0.4, -0.2) is 24.1 Å². The van der Waals surface area contributed by atoms with Crippen molar-refractivity contribution >= 4 is 11.6 Å². The highest BCUT2D eigenvalue weighted by atomic mass is 19.1. The van der Waals surface area contributed by atoms with Gasteiger partial charge in [-0.05, 0) is 31.0 Å². The molecule has 0 saturated carbocycles. The molecule has 0 bridgehead atoms. The summed E-state index contributed by atoms with van der Waals surface area (Å²) >= 11 is 0. The van der Waals surface area contributed by atoms with Crippen molar-refractivity contribution in [2.75, 3.05) is 18.9 Å². The number of benzene rings is 1. The number of anilines is 1. The van der Waals surface area contributed by atoms with Gasteiger partial charge in [-0.3, -0.25) is 9.63 Å². The van der Waals surface area contributed by atoms with Gasteiger partial charge >= 0.3 is 0 Å². The van der Waals surface area contributed by atoms with Crippen LogP contribution in [0.15, 0.2) is 18.2 Å². The molecule has 0 unspecified atom stereocenters. The summed E-state index contributed by atoms with van der Waals surface area (Å²) in [7, 11) is 0. The number of hydrogen-bond acceptors (Lipinski definition) is 3. The van der Waals surface area contributed by atoms with Gasteiger partial charge in [0.15, 0.2) is 0 Å². The summed E-state index contributed by atoms with van der Waals surface area (Å²) in [5.41, 5.74) is 5.63. The van der Waals surface area contributed by atoms with Gasteiger partial charge in [0.1, 0.15) is 5.82 Å². The second kappa shape index (κ2) is 4.49. The fraction of sp³-hybridized carbons (Fsp3) is 0.364. The van der Waals surface area contributed by atoms with Crippen molar-refractivity contribution in [3.05, 3.63) is 29.6 Å². The molecule has 1 aromatic carbocycles. The van der Waals surface area contributed by atoms with Crippen LogP contribution < -0.4 is 5.73 Å². The minimum atomic E-state index is -0.581. The number of carbonyl (C=O) groups excluding carboxylic acids is 1. The highest BCUT2D eigenvalue weighted by Crippen LogP contribution is 2.16. The van der Waals surface area contributed by atoms with Gasteiger partial charge in [0.25, 0.3) is 5.91 Å². The van der Waals surface area contributed by atoms with Crippen molar-refractivity contribution < 1.29 is 14.0 Å². The Balaban J connectivity index is 2.16. The SMILES string of the molecule is Nc1ccc(C(=O)N2CCCCO2)cc1F. The first-order valence-electron chi connectivity index (χ1n) is 5.18. The fourth-order valence-corrected chi connectivity index (χ4v) is 1.56. The summed E-state index contributed by atoms with van der Waals surface area (Å²) in [6.45, 7) is 1.08. The summed E-state index contributed by atoms with van der Waals surface area (Å²) in [5, 5.41) is 1.27. The molecule has 86 valence electrons. The first-order valence-corrected chi connectivity index (χ1v) is 5.18. The van der Waals surface area contributed by atoms with E-state index in [9.17, 15) is 9.18 Å². The molecule has 1 aliphatic rings. The molecule has 1 aliphatic heterocycles. The Morgan fingerprint density at radius 2 is 2.25 bits per heavy atom. The third-order valence-corrected chi connectivity index (χ3v) is 2.48. The maximum absolute atomic E-state index is 13.2. The second-order valence-electron chi connectivity index (χ2n) is 3.68. The van der Waals surface area contributed by atoms with Crippen molar-refractivity contribution in [1.82, 2.24) is 5.06 Å². The van der Waals surface area contributed by atoms with Crippen LogP contribution in [0.25, 0.3) is 0 Å². The second-order valence-corrected chi connectivity index (χ2v) is 3.68. The molecule has 5 heteroatoms. The van der Waals surface area contributed by atoms with E-state index >= 15 is 0 Å². The summed E-state index contributed by atoms with van der Waals surface area (Å²) in [6, 6.07) is 4.01. The van der Waals surface area contributed by atoms with Crippen LogP contribution in [0.1, 0.15) is 23.2 Å². The molecule has 1 heterocycles. The fourth-order valence-electron chi connectivity index (χ4n) is 1.56. The molecule has 0 atom stereocenters. The highest BCUT2D eigenvalue weighted by Gasteiger charge is 2.20. The summed E-state index contributed by atoms with van der Waals surface area (Å²) in [4.78, 5) is 17.1. The Morgan fingerprint density at radius 1 is 1.44 bits per heavy atom. The van der Waals surface area contributed by atoms with Crippen molar-refractivity contribution in [1.29, 1.82) is 0 Å². The lowest BCUT2D eigenvalue weighted by Crippen LogP contribution is -2.35. The molecule has 2 rings (SSSR count). The zero-order valence-corrected chi connectivity index (χ0v) is 8.78. The van der Waals surface area contributed by atoms with Gasteiger partial charge in [0.05, 0.1) is 12.3 Å². The Bertz CT molecular complexity index is 403. The van der Waals surface area contributed by atoms with Crippen molar-refractivity contribution in [2.24, 2.45) is 0 Å². The maximum atomic E-state index is 13.2. The molecule has 0 radical (unpaired) electrons. The molecule has 1 fully saturated rings. The average Bonchev–Trinajstić information content (AvgIpc) is 2.33. The van der Waals surface area contributed by atoms with E-state index in [-0.39, 0.29) is 17.2 Å². The van der Waals surface area contributed by atoms with Crippen LogP contribution in [0, 0.1) is 5.82 Å². The van der Waals surface area contributed by atoms with E-state index in [0.29, 0.717) is 13.2 Å². The van der Waals surface area contributed by atoms with Crippen LogP contribution in [0.5, 0.6) is 0 Å². The number of hydrogen-bond donors (Lipinski definition) is 1. The largest absolute Gasteiger partial charge is 0.396 e. The third-order valence-electron chi connectivity index (χ3n) is 2.48. The van der Waals surface area contributed by atoms with Gasteiger partial charge < -0.3 is 5.73 Å². The zero-order chi connectivity index (χ0) is 11.5. The van der Waals surface area contributed by atoms with Crippen molar-refractivity contribution in [3.63, 3.8) is 0 Å². The number of nitrogens with two attached hydrogens (primary N) is 1. The van der Waals surface area contributed by atoms with Gasteiger partial charge in [-0.15, -0.1) is 0 Å². The lowest BCUT2D eigenvalue weighted by atomic mass is 10.1. The van der Waals surface area contributed by atoms with E-state index < -0.39 is 5.82 Å². The quantitative estimate of drug-likeness (QED) is 0.737. The van der Waals surface area contributed by atoms with E-state index in [1.165, 1.54) is 17.2 Å². The minimum Gasteiger partial charge on any atom is -0.396 e. The Hall–Kier alpha value is -1.62. The number of amides is 1. The Morgan fingerprint density at radius 3 is 2.88 bits per heavy atom. The van der Waals surface area contributed by atoms with Gasteiger partial charge in [0.2, 0.25) is 0 Å². The Kier molecular flexibility index (Phi) is 3.05. The lowest BCUT2D eigenvalue weighted by Gasteiger charge is -2.25. The Labute approximate surface area is 92.7 Å². The van der Waals surface area contributed by atoms with E-state index in [0.717, 1.165) is 18.9 Å². The number of rotatable bonds is 1. The van der Waals surface area contributed by atoms with Crippen LogP contribution in [0.4, 0.5) is 10.1 Å². The molecule has 0 aliphatic carbocycles. The van der Waals surface area contributed by atoms with E-state index in [2.05, 4.69) is 0 Å². The molecular formula is C11H13FN2O2. The highest BCUT2D eigenvalue weighted by molar-refractivity contribution is 5.93. The molecule has 1 aromatic rings. The van der Waals surface area contributed by atoms with Crippen molar-refractivity contribution in [2.45, 2.75) is 12.8 Å². The van der Waals surface area contributed by atoms with Gasteiger partial charge in [-0.1, -0.05) is 0 Å². The van der Waals surface area contributed by atoms with Crippen LogP contribution in [0.3, 0.4) is 0 Å². The number of carbonyl (C=O) groups is 1. The van der Waals surface area contributed by atoms with Crippen LogP contribution >= 0.6 is 0 Å². The van der Waals surface area contributed by atoms with Gasteiger partial charge in [-0.2, -0.15) is 0 Å². The zero-order valence-electron chi connectivity index (χ0n) is 8.78. The molecule has 16 heavy (non-hydrogen) atoms. The smallest absolute Gasteiger partial charge is 0.277 e. The van der Waals surface area contributed by atoms with E-state index in [1.54, 1.807) is 0 Å². The average molecular weight is 224 g/mol. The third kappa shape index (κ3) is 2.14. The summed E-state index contributed by atoms with van der Waals surface area (Å²) in [6.07, 6.45) is 1.85. The monoisotopic (exact) mass is 224 g/mol. The summed E-state index contributed by atoms with van der Waals surface area (Å²) < 4.78 is 13.2. The van der Waals surface area contributed by atoms with Crippen molar-refractivity contribution in [3.8, 4) is 0 Å². The number of halogens is 1. The van der Waals surface area contributed by atoms with E-state index in [4.69, 9.17) is 10.6 Å². The molecule has 0 spiro atoms. The molecule has 1 amide bonds. The van der Waals surface area contributed by atoms with Gasteiger partial charge in [-0.25, -0.2) is 9.45 Å². The number of nitrogens with zero attached hydrogens (tertiary/aromatic N) is 1. The maximum Gasteiger partial charge on any atom is 0.277 e. The topological polar surface area (TPSA) is 55.6 Å². The minimum absolute atomic E-state index is 0.0381. The predicted molar refractivity (Wildman–Crippen MR) is 57.0 cm³/mol. The van der Waals surface area contributed by atoms with Crippen LogP contribution in [0.2, 0.25) is 0 Å². The standard InChI is InChI=1S/C11H13FN2O2/c12-9-7-8(3-4-10(9)13)11(15)14-5-1-2-6-16-14/h3-4,7H,1-2,5-6,13H2. The first kappa shape index (κ1) is 10.9. The number of hydroxylamine groups is 2. The van der Waals surface area contributed by atoms with Crippen LogP contribution in [-0.2, 0) is 4.84 Å². The van der Waals surface area contributed by atoms with Gasteiger partial charge in [0, 0.05) is 12.1 Å². The van der Waals surface area contributed by atoms with E-state index in [1.807, 2.05) is 0 Å². The normalized spacial score (nSPS) is 16.2. The molecule has 1 saturated heterocycles. The molecular weight excluding hydrogens is 211 g/mol. The molecule has 4 nitrogen and oxygen atoms in total. The first-order chi connectivity index (χ1) is 7.68. The number of nitrogen functional groups attached to an aromatic ring is 1. The molecule has 2 N–H and O–H groups in total. The molecule has 0 aromatic heterocycles. The lowest BCUT2D eigenvalue weighted by molar-refractivity contribution is -0.144. The summed E-state index contributed by atoms with van der Waals surface area (Å²) in [5.74, 6) is -0.901.